The van der Waals surface area contributed by atoms with Crippen molar-refractivity contribution in [3.63, 3.8) is 0 Å². The third-order valence-corrected chi connectivity index (χ3v) is 5.01. The maximum absolute atomic E-state index is 13.0. The van der Waals surface area contributed by atoms with E-state index < -0.39 is 12.2 Å². The van der Waals surface area contributed by atoms with E-state index >= 15 is 0 Å². The van der Waals surface area contributed by atoms with Gasteiger partial charge in [-0.15, -0.1) is 0 Å². The quantitative estimate of drug-likeness (QED) is 0.834. The van der Waals surface area contributed by atoms with Crippen molar-refractivity contribution >= 4 is 29.3 Å². The molecule has 26 heavy (non-hydrogen) atoms. The van der Waals surface area contributed by atoms with Gasteiger partial charge in [0.1, 0.15) is 0 Å². The molecule has 8 nitrogen and oxygen atoms in total. The molecule has 0 saturated carbocycles. The number of nitrogens with two attached hydrogens (primary N) is 1. The van der Waals surface area contributed by atoms with Crippen molar-refractivity contribution in [1.29, 1.82) is 0 Å². The summed E-state index contributed by atoms with van der Waals surface area (Å²) in [5, 5.41) is 0. The van der Waals surface area contributed by atoms with Gasteiger partial charge in [-0.05, 0) is 25.5 Å². The first kappa shape index (κ1) is 16.4. The molecular formula is C18H22N6O2. The van der Waals surface area contributed by atoms with Crippen molar-refractivity contribution in [2.75, 3.05) is 24.2 Å². The van der Waals surface area contributed by atoms with Crippen LogP contribution in [0.4, 0.5) is 16.2 Å². The fourth-order valence-electron chi connectivity index (χ4n) is 3.77. The second-order valence-corrected chi connectivity index (χ2v) is 6.74. The molecule has 2 atom stereocenters. The number of rotatable bonds is 3. The van der Waals surface area contributed by atoms with E-state index in [2.05, 4.69) is 0 Å². The predicted molar refractivity (Wildman–Crippen MR) is 99.1 cm³/mol. The average molecular weight is 354 g/mol. The SMILES string of the molecule is CCCN1C(=O)C2C(N=C3N(c4ccccc4N)C(C)=CN32)N(C)C1=O. The zero-order valence-corrected chi connectivity index (χ0v) is 15.1. The molecule has 136 valence electrons. The second-order valence-electron chi connectivity index (χ2n) is 6.74. The number of aliphatic imine (C=N–C) groups is 1. The van der Waals surface area contributed by atoms with Gasteiger partial charge in [-0.2, -0.15) is 0 Å². The number of nitrogen functional groups attached to an aromatic ring is 1. The Morgan fingerprint density at radius 1 is 1.23 bits per heavy atom. The number of nitrogens with zero attached hydrogens (tertiary/aromatic N) is 5. The smallest absolute Gasteiger partial charge is 0.328 e. The molecule has 0 aliphatic carbocycles. The van der Waals surface area contributed by atoms with Gasteiger partial charge in [0.25, 0.3) is 5.91 Å². The van der Waals surface area contributed by atoms with E-state index in [1.165, 1.54) is 4.90 Å². The summed E-state index contributed by atoms with van der Waals surface area (Å²) >= 11 is 0. The molecule has 3 aliphatic heterocycles. The zero-order valence-electron chi connectivity index (χ0n) is 15.1. The monoisotopic (exact) mass is 354 g/mol. The Morgan fingerprint density at radius 3 is 2.65 bits per heavy atom. The molecule has 0 radical (unpaired) electrons. The maximum Gasteiger partial charge on any atom is 0.328 e. The lowest BCUT2D eigenvalue weighted by molar-refractivity contribution is -0.136. The second kappa shape index (κ2) is 5.76. The molecule has 1 aromatic rings. The Morgan fingerprint density at radius 2 is 1.96 bits per heavy atom. The van der Waals surface area contributed by atoms with Crippen molar-refractivity contribution in [2.24, 2.45) is 4.99 Å². The van der Waals surface area contributed by atoms with Crippen molar-refractivity contribution in [3.05, 3.63) is 36.2 Å². The molecule has 0 aromatic heterocycles. The molecule has 1 saturated heterocycles. The Labute approximate surface area is 152 Å². The van der Waals surface area contributed by atoms with E-state index in [0.29, 0.717) is 18.2 Å². The van der Waals surface area contributed by atoms with E-state index in [9.17, 15) is 9.59 Å². The number of carbonyl (C=O) groups is 2. The van der Waals surface area contributed by atoms with Crippen LogP contribution in [0.2, 0.25) is 0 Å². The molecule has 1 aromatic carbocycles. The van der Waals surface area contributed by atoms with E-state index in [0.717, 1.165) is 17.8 Å². The van der Waals surface area contributed by atoms with Crippen LogP contribution in [0.1, 0.15) is 20.3 Å². The Kier molecular flexibility index (Phi) is 3.64. The number of para-hydroxylation sites is 2. The topological polar surface area (TPSA) is 85.5 Å². The van der Waals surface area contributed by atoms with E-state index in [-0.39, 0.29) is 11.9 Å². The molecule has 8 heteroatoms. The molecule has 3 aliphatic rings. The van der Waals surface area contributed by atoms with Gasteiger partial charge in [0.05, 0.1) is 11.4 Å². The normalized spacial score (nSPS) is 24.7. The van der Waals surface area contributed by atoms with Crippen molar-refractivity contribution in [3.8, 4) is 0 Å². The molecule has 1 fully saturated rings. The highest BCUT2D eigenvalue weighted by atomic mass is 16.2. The summed E-state index contributed by atoms with van der Waals surface area (Å²) in [7, 11) is 1.69. The molecule has 2 unspecified atom stereocenters. The fourth-order valence-corrected chi connectivity index (χ4v) is 3.77. The summed E-state index contributed by atoms with van der Waals surface area (Å²) in [6.07, 6.45) is 2.09. The minimum Gasteiger partial charge on any atom is -0.397 e. The minimum absolute atomic E-state index is 0.203. The Bertz CT molecular complexity index is 848. The van der Waals surface area contributed by atoms with Gasteiger partial charge in [-0.3, -0.25) is 14.6 Å². The highest BCUT2D eigenvalue weighted by Crippen LogP contribution is 2.38. The summed E-state index contributed by atoms with van der Waals surface area (Å²) in [6, 6.07) is 6.70. The van der Waals surface area contributed by atoms with Crippen molar-refractivity contribution in [2.45, 2.75) is 32.5 Å². The van der Waals surface area contributed by atoms with Crippen LogP contribution in [0.3, 0.4) is 0 Å². The number of fused-ring (bicyclic) bond motifs is 3. The van der Waals surface area contributed by atoms with Crippen LogP contribution in [-0.2, 0) is 4.79 Å². The first-order chi connectivity index (χ1) is 12.5. The lowest BCUT2D eigenvalue weighted by Crippen LogP contribution is -2.64. The number of hydrogen-bond donors (Lipinski definition) is 1. The highest BCUT2D eigenvalue weighted by molar-refractivity contribution is 6.10. The zero-order chi connectivity index (χ0) is 18.6. The van der Waals surface area contributed by atoms with Crippen LogP contribution < -0.4 is 10.6 Å². The number of anilines is 2. The Hall–Kier alpha value is -3.03. The van der Waals surface area contributed by atoms with Crippen LogP contribution in [-0.4, -0.2) is 58.4 Å². The number of imide groups is 1. The average Bonchev–Trinajstić information content (AvgIpc) is 3.12. The van der Waals surface area contributed by atoms with E-state index in [1.807, 2.05) is 54.1 Å². The number of allylic oxidation sites excluding steroid dienone is 1. The standard InChI is InChI=1S/C18H22N6O2/c1-4-9-22-16(25)14-15(21(3)18(22)26)20-17-23(14)10-11(2)24(17)13-8-6-5-7-12(13)19/h5-8,10,14-15H,4,9,19H2,1-3H3. The van der Waals surface area contributed by atoms with Crippen LogP contribution in [0.15, 0.2) is 41.2 Å². The summed E-state index contributed by atoms with van der Waals surface area (Å²) in [6.45, 7) is 4.31. The number of likely N-dealkylation sites (N-methyl/N-ethyl adjacent to an activating group) is 1. The first-order valence-electron chi connectivity index (χ1n) is 8.73. The number of amides is 3. The molecular weight excluding hydrogens is 332 g/mol. The van der Waals surface area contributed by atoms with Crippen LogP contribution >= 0.6 is 0 Å². The van der Waals surface area contributed by atoms with Crippen molar-refractivity contribution in [1.82, 2.24) is 14.7 Å². The summed E-state index contributed by atoms with van der Waals surface area (Å²) in [5.41, 5.74) is 8.51. The number of benzene rings is 1. The van der Waals surface area contributed by atoms with Gasteiger partial charge < -0.3 is 15.5 Å². The lowest BCUT2D eigenvalue weighted by Gasteiger charge is -2.40. The number of urea groups is 1. The molecule has 2 N–H and O–H groups in total. The molecule has 3 heterocycles. The first-order valence-corrected chi connectivity index (χ1v) is 8.73. The largest absolute Gasteiger partial charge is 0.397 e. The third kappa shape index (κ3) is 2.11. The highest BCUT2D eigenvalue weighted by Gasteiger charge is 2.54. The lowest BCUT2D eigenvalue weighted by atomic mass is 10.1. The number of hydrogen-bond acceptors (Lipinski definition) is 6. The van der Waals surface area contributed by atoms with E-state index in [1.54, 1.807) is 11.9 Å². The van der Waals surface area contributed by atoms with Gasteiger partial charge in [-0.25, -0.2) is 9.79 Å². The van der Waals surface area contributed by atoms with Gasteiger partial charge in [0.15, 0.2) is 12.2 Å². The molecule has 0 spiro atoms. The van der Waals surface area contributed by atoms with Crippen LogP contribution in [0.25, 0.3) is 0 Å². The molecule has 3 amide bonds. The van der Waals surface area contributed by atoms with Gasteiger partial charge in [0, 0.05) is 25.5 Å². The Balaban J connectivity index is 1.75. The van der Waals surface area contributed by atoms with Gasteiger partial charge in [-0.1, -0.05) is 19.1 Å². The number of carbonyl (C=O) groups excluding carboxylic acids is 2. The van der Waals surface area contributed by atoms with Crippen LogP contribution in [0.5, 0.6) is 0 Å². The minimum atomic E-state index is -0.538. The van der Waals surface area contributed by atoms with Crippen LogP contribution in [0, 0.1) is 0 Å². The summed E-state index contributed by atoms with van der Waals surface area (Å²) in [5.74, 6) is 0.424. The fraction of sp³-hybridized carbons (Fsp3) is 0.389. The maximum atomic E-state index is 13.0. The predicted octanol–water partition coefficient (Wildman–Crippen LogP) is 1.62. The summed E-state index contributed by atoms with van der Waals surface area (Å²) in [4.78, 5) is 36.9. The third-order valence-electron chi connectivity index (χ3n) is 5.01. The number of guanidine groups is 1. The van der Waals surface area contributed by atoms with E-state index in [4.69, 9.17) is 10.7 Å². The molecule has 0 bridgehead atoms. The summed E-state index contributed by atoms with van der Waals surface area (Å²) < 4.78 is 0. The molecule has 4 rings (SSSR count). The van der Waals surface area contributed by atoms with Crippen molar-refractivity contribution < 1.29 is 9.59 Å². The van der Waals surface area contributed by atoms with Gasteiger partial charge in [0.2, 0.25) is 5.96 Å². The van der Waals surface area contributed by atoms with Gasteiger partial charge >= 0.3 is 6.03 Å².